The number of aliphatic imine (C=N–C) groups is 1. The number of Topliss-reactive ketones (excluding diaryl/α,β-unsaturated/α-hetero) is 1. The number of carbonyl (C=O) groups excluding carboxylic acids is 1. The predicted octanol–water partition coefficient (Wildman–Crippen LogP) is 3.57. The second-order valence-corrected chi connectivity index (χ2v) is 5.56. The summed E-state index contributed by atoms with van der Waals surface area (Å²) in [6, 6.07) is 10.5. The van der Waals surface area contributed by atoms with Gasteiger partial charge in [0.15, 0.2) is 11.7 Å². The molecule has 0 bridgehead atoms. The molecule has 0 fully saturated rings. The van der Waals surface area contributed by atoms with Gasteiger partial charge in [0.1, 0.15) is 11.6 Å². The molecule has 4 nitrogen and oxygen atoms in total. The highest BCUT2D eigenvalue weighted by atomic mass is 35.5. The summed E-state index contributed by atoms with van der Waals surface area (Å²) in [5, 5.41) is 6.28. The zero-order valence-corrected chi connectivity index (χ0v) is 14.2. The van der Waals surface area contributed by atoms with Crippen LogP contribution in [0.1, 0.15) is 22.3 Å². The first-order valence-electron chi connectivity index (χ1n) is 7.74. The Hall–Kier alpha value is -2.47. The zero-order chi connectivity index (χ0) is 16.9. The monoisotopic (exact) mass is 365 g/mol. The van der Waals surface area contributed by atoms with E-state index >= 15 is 0 Å². The van der Waals surface area contributed by atoms with Crippen LogP contribution in [0.4, 0.5) is 14.5 Å². The van der Waals surface area contributed by atoms with Crippen molar-refractivity contribution in [3.8, 4) is 0 Å². The number of nitrogens with one attached hydrogen (secondary N) is 2. The van der Waals surface area contributed by atoms with Crippen molar-refractivity contribution in [1.29, 1.82) is 0 Å². The Kier molecular flexibility index (Phi) is 6.47. The van der Waals surface area contributed by atoms with Gasteiger partial charge in [0.2, 0.25) is 0 Å². The molecule has 0 spiro atoms. The molecule has 0 radical (unpaired) electrons. The minimum absolute atomic E-state index is 0. The number of aryl methyl sites for hydroxylation is 1. The molecule has 1 aliphatic rings. The van der Waals surface area contributed by atoms with Crippen LogP contribution in [-0.2, 0) is 6.42 Å². The topological polar surface area (TPSA) is 53.5 Å². The highest BCUT2D eigenvalue weighted by Gasteiger charge is 2.10. The fraction of sp³-hybridized carbons (Fsp3) is 0.222. The third kappa shape index (κ3) is 5.26. The molecule has 0 saturated heterocycles. The Labute approximate surface area is 150 Å². The maximum absolute atomic E-state index is 13.1. The third-order valence-electron chi connectivity index (χ3n) is 3.72. The lowest BCUT2D eigenvalue weighted by Crippen LogP contribution is -2.26. The van der Waals surface area contributed by atoms with Crippen LogP contribution in [-0.4, -0.2) is 24.8 Å². The summed E-state index contributed by atoms with van der Waals surface area (Å²) >= 11 is 0. The molecule has 132 valence electrons. The Morgan fingerprint density at radius 2 is 1.80 bits per heavy atom. The number of hydrogen-bond donors (Lipinski definition) is 2. The molecule has 0 atom stereocenters. The van der Waals surface area contributed by atoms with Crippen molar-refractivity contribution in [2.45, 2.75) is 12.8 Å². The average Bonchev–Trinajstić information content (AvgIpc) is 3.06. The fourth-order valence-corrected chi connectivity index (χ4v) is 2.49. The second kappa shape index (κ2) is 8.58. The first-order chi connectivity index (χ1) is 11.6. The molecule has 2 aromatic carbocycles. The van der Waals surface area contributed by atoms with Gasteiger partial charge >= 0.3 is 0 Å². The van der Waals surface area contributed by atoms with Gasteiger partial charge in [-0.05, 0) is 36.2 Å². The SMILES string of the molecule is Cl.O=C(CCc1ccc(NC2=NCCN2)cc1)c1cc(F)cc(F)c1. The number of guanidine groups is 1. The molecule has 3 rings (SSSR count). The Morgan fingerprint density at radius 1 is 1.12 bits per heavy atom. The minimum atomic E-state index is -0.739. The average molecular weight is 366 g/mol. The summed E-state index contributed by atoms with van der Waals surface area (Å²) in [5.41, 5.74) is 1.95. The molecule has 1 aliphatic heterocycles. The van der Waals surface area contributed by atoms with Crippen molar-refractivity contribution >= 4 is 29.8 Å². The first kappa shape index (κ1) is 18.9. The summed E-state index contributed by atoms with van der Waals surface area (Å²) in [7, 11) is 0. The van der Waals surface area contributed by atoms with E-state index in [2.05, 4.69) is 15.6 Å². The molecule has 2 N–H and O–H groups in total. The van der Waals surface area contributed by atoms with Crippen molar-refractivity contribution in [3.63, 3.8) is 0 Å². The molecular weight excluding hydrogens is 348 g/mol. The van der Waals surface area contributed by atoms with Gasteiger partial charge in [-0.25, -0.2) is 8.78 Å². The van der Waals surface area contributed by atoms with Crippen LogP contribution in [0.25, 0.3) is 0 Å². The van der Waals surface area contributed by atoms with Gasteiger partial charge in [0.05, 0.1) is 6.54 Å². The molecular formula is C18H18ClF2N3O. The van der Waals surface area contributed by atoms with Crippen molar-refractivity contribution in [2.75, 3.05) is 18.4 Å². The summed E-state index contributed by atoms with van der Waals surface area (Å²) in [6.07, 6.45) is 0.709. The summed E-state index contributed by atoms with van der Waals surface area (Å²) in [6.45, 7) is 1.60. The lowest BCUT2D eigenvalue weighted by atomic mass is 10.0. The van der Waals surface area contributed by atoms with Gasteiger partial charge in [0.25, 0.3) is 0 Å². The number of hydrogen-bond acceptors (Lipinski definition) is 4. The van der Waals surface area contributed by atoms with Gasteiger partial charge < -0.3 is 10.6 Å². The van der Waals surface area contributed by atoms with E-state index in [1.807, 2.05) is 24.3 Å². The number of rotatable bonds is 5. The smallest absolute Gasteiger partial charge is 0.195 e. The number of halogens is 3. The fourth-order valence-electron chi connectivity index (χ4n) is 2.49. The van der Waals surface area contributed by atoms with E-state index in [0.717, 1.165) is 48.5 Å². The summed E-state index contributed by atoms with van der Waals surface area (Å²) in [4.78, 5) is 16.3. The van der Waals surface area contributed by atoms with E-state index in [0.29, 0.717) is 6.42 Å². The highest BCUT2D eigenvalue weighted by Crippen LogP contribution is 2.14. The number of ketones is 1. The van der Waals surface area contributed by atoms with Crippen LogP contribution in [0.15, 0.2) is 47.5 Å². The number of nitrogens with zero attached hydrogens (tertiary/aromatic N) is 1. The van der Waals surface area contributed by atoms with Crippen LogP contribution in [0.3, 0.4) is 0 Å². The van der Waals surface area contributed by atoms with Crippen LogP contribution in [0.5, 0.6) is 0 Å². The first-order valence-corrected chi connectivity index (χ1v) is 7.74. The normalized spacial score (nSPS) is 12.8. The van der Waals surface area contributed by atoms with Crippen LogP contribution < -0.4 is 10.6 Å². The number of benzene rings is 2. The molecule has 0 amide bonds. The Balaban J connectivity index is 0.00000225. The van der Waals surface area contributed by atoms with Crippen molar-refractivity contribution < 1.29 is 13.6 Å². The molecule has 2 aromatic rings. The summed E-state index contributed by atoms with van der Waals surface area (Å²) < 4.78 is 26.3. The standard InChI is InChI=1S/C18H17F2N3O.ClH/c19-14-9-13(10-15(20)11-14)17(24)6-3-12-1-4-16(5-2-12)23-18-21-7-8-22-18;/h1-2,4-5,9-11H,3,6-8H2,(H2,21,22,23);1H. The summed E-state index contributed by atoms with van der Waals surface area (Å²) in [5.74, 6) is -0.999. The molecule has 25 heavy (non-hydrogen) atoms. The molecule has 7 heteroatoms. The molecule has 0 saturated carbocycles. The van der Waals surface area contributed by atoms with Crippen molar-refractivity contribution in [3.05, 3.63) is 65.2 Å². The Bertz CT molecular complexity index is 758. The second-order valence-electron chi connectivity index (χ2n) is 5.56. The molecule has 0 aliphatic carbocycles. The van der Waals surface area contributed by atoms with Gasteiger partial charge in [-0.3, -0.25) is 9.79 Å². The van der Waals surface area contributed by atoms with Crippen LogP contribution in [0.2, 0.25) is 0 Å². The highest BCUT2D eigenvalue weighted by molar-refractivity contribution is 5.96. The van der Waals surface area contributed by atoms with E-state index in [1.165, 1.54) is 0 Å². The maximum Gasteiger partial charge on any atom is 0.195 e. The zero-order valence-electron chi connectivity index (χ0n) is 13.4. The maximum atomic E-state index is 13.1. The number of anilines is 1. The Morgan fingerprint density at radius 3 is 2.40 bits per heavy atom. The van der Waals surface area contributed by atoms with E-state index in [1.54, 1.807) is 0 Å². The van der Waals surface area contributed by atoms with Gasteiger partial charge in [-0.1, -0.05) is 12.1 Å². The van der Waals surface area contributed by atoms with E-state index < -0.39 is 11.6 Å². The van der Waals surface area contributed by atoms with Crippen LogP contribution in [0, 0.1) is 11.6 Å². The minimum Gasteiger partial charge on any atom is -0.354 e. The number of carbonyl (C=O) groups is 1. The molecule has 0 unspecified atom stereocenters. The predicted molar refractivity (Wildman–Crippen MR) is 96.6 cm³/mol. The van der Waals surface area contributed by atoms with Crippen molar-refractivity contribution in [2.24, 2.45) is 4.99 Å². The van der Waals surface area contributed by atoms with Gasteiger partial charge in [-0.15, -0.1) is 12.4 Å². The molecule has 0 aromatic heterocycles. The van der Waals surface area contributed by atoms with E-state index in [4.69, 9.17) is 0 Å². The quantitative estimate of drug-likeness (QED) is 0.796. The third-order valence-corrected chi connectivity index (χ3v) is 3.72. The van der Waals surface area contributed by atoms with E-state index in [9.17, 15) is 13.6 Å². The van der Waals surface area contributed by atoms with Crippen molar-refractivity contribution in [1.82, 2.24) is 5.32 Å². The van der Waals surface area contributed by atoms with E-state index in [-0.39, 0.29) is 30.2 Å². The lowest BCUT2D eigenvalue weighted by Gasteiger charge is -2.07. The largest absolute Gasteiger partial charge is 0.354 e. The molecule has 1 heterocycles. The van der Waals surface area contributed by atoms with Crippen LogP contribution >= 0.6 is 12.4 Å². The van der Waals surface area contributed by atoms with Gasteiger partial charge in [0, 0.05) is 30.3 Å². The lowest BCUT2D eigenvalue weighted by molar-refractivity contribution is 0.0982. The van der Waals surface area contributed by atoms with Gasteiger partial charge in [-0.2, -0.15) is 0 Å².